The number of rotatable bonds is 6. The van der Waals surface area contributed by atoms with Crippen molar-refractivity contribution in [1.82, 2.24) is 9.80 Å². The van der Waals surface area contributed by atoms with E-state index >= 15 is 0 Å². The van der Waals surface area contributed by atoms with Gasteiger partial charge in [0.1, 0.15) is 5.75 Å². The third-order valence-electron chi connectivity index (χ3n) is 4.41. The van der Waals surface area contributed by atoms with Crippen molar-refractivity contribution in [3.05, 3.63) is 28.2 Å². The van der Waals surface area contributed by atoms with Crippen LogP contribution in [0.25, 0.3) is 0 Å². The maximum atomic E-state index is 12.2. The van der Waals surface area contributed by atoms with Crippen LogP contribution in [0.5, 0.6) is 5.75 Å². The highest BCUT2D eigenvalue weighted by Crippen LogP contribution is 2.30. The van der Waals surface area contributed by atoms with Crippen LogP contribution in [0, 0.1) is 5.92 Å². The molecule has 1 saturated heterocycles. The van der Waals surface area contributed by atoms with Gasteiger partial charge in [0.2, 0.25) is 5.91 Å². The minimum atomic E-state index is 0.163. The van der Waals surface area contributed by atoms with Crippen LogP contribution in [0.2, 0.25) is 10.0 Å². The normalized spacial score (nSPS) is 19.0. The number of hydrogen-bond acceptors (Lipinski definition) is 3. The van der Waals surface area contributed by atoms with E-state index in [0.717, 1.165) is 32.1 Å². The maximum absolute atomic E-state index is 12.2. The fraction of sp³-hybridized carbons (Fsp3) is 0.588. The van der Waals surface area contributed by atoms with Crippen LogP contribution in [0.1, 0.15) is 19.3 Å². The van der Waals surface area contributed by atoms with Gasteiger partial charge in [-0.05, 0) is 30.9 Å². The number of hydrogen-bond donors (Lipinski definition) is 0. The molecule has 1 aliphatic carbocycles. The van der Waals surface area contributed by atoms with Crippen molar-refractivity contribution in [2.24, 2.45) is 5.92 Å². The summed E-state index contributed by atoms with van der Waals surface area (Å²) in [6.07, 6.45) is 3.15. The van der Waals surface area contributed by atoms with E-state index < -0.39 is 0 Å². The first-order valence-electron chi connectivity index (χ1n) is 8.20. The summed E-state index contributed by atoms with van der Waals surface area (Å²) in [7, 11) is 0. The average Bonchev–Trinajstić information content (AvgIpc) is 3.35. The third-order valence-corrected chi connectivity index (χ3v) is 5.15. The van der Waals surface area contributed by atoms with E-state index in [1.165, 1.54) is 19.4 Å². The zero-order valence-electron chi connectivity index (χ0n) is 13.1. The van der Waals surface area contributed by atoms with E-state index in [9.17, 15) is 4.79 Å². The lowest BCUT2D eigenvalue weighted by atomic mass is 10.2. The monoisotopic (exact) mass is 356 g/mol. The molecular formula is C17H22Cl2N2O2. The van der Waals surface area contributed by atoms with Crippen LogP contribution in [0.15, 0.2) is 18.2 Å². The summed E-state index contributed by atoms with van der Waals surface area (Å²) in [6.45, 7) is 5.23. The van der Waals surface area contributed by atoms with Crippen molar-refractivity contribution < 1.29 is 9.53 Å². The van der Waals surface area contributed by atoms with Gasteiger partial charge >= 0.3 is 0 Å². The lowest BCUT2D eigenvalue weighted by Crippen LogP contribution is -2.49. The second kappa shape index (κ2) is 7.73. The van der Waals surface area contributed by atoms with Crippen molar-refractivity contribution in [3.63, 3.8) is 0 Å². The van der Waals surface area contributed by atoms with Crippen molar-refractivity contribution in [2.75, 3.05) is 39.3 Å². The Hall–Kier alpha value is -0.970. The van der Waals surface area contributed by atoms with E-state index in [4.69, 9.17) is 27.9 Å². The second-order valence-electron chi connectivity index (χ2n) is 6.30. The van der Waals surface area contributed by atoms with Crippen LogP contribution in [-0.4, -0.2) is 55.0 Å². The summed E-state index contributed by atoms with van der Waals surface area (Å²) in [5.41, 5.74) is 0. The molecule has 1 saturated carbocycles. The van der Waals surface area contributed by atoms with Crippen molar-refractivity contribution in [1.29, 1.82) is 0 Å². The number of piperazine rings is 1. The van der Waals surface area contributed by atoms with Crippen LogP contribution < -0.4 is 4.74 Å². The number of halogens is 2. The molecule has 0 atom stereocenters. The first kappa shape index (κ1) is 16.9. The predicted octanol–water partition coefficient (Wildman–Crippen LogP) is 3.32. The van der Waals surface area contributed by atoms with Gasteiger partial charge in [-0.1, -0.05) is 23.2 Å². The molecule has 1 aliphatic heterocycles. The van der Waals surface area contributed by atoms with E-state index in [2.05, 4.69) is 4.90 Å². The van der Waals surface area contributed by atoms with Gasteiger partial charge in [-0.25, -0.2) is 0 Å². The van der Waals surface area contributed by atoms with E-state index in [1.54, 1.807) is 18.2 Å². The lowest BCUT2D eigenvalue weighted by Gasteiger charge is -2.34. The predicted molar refractivity (Wildman–Crippen MR) is 92.3 cm³/mol. The molecule has 3 rings (SSSR count). The largest absolute Gasteiger partial charge is 0.493 e. The Morgan fingerprint density at radius 3 is 2.52 bits per heavy atom. The Morgan fingerprint density at radius 1 is 1.13 bits per heavy atom. The minimum absolute atomic E-state index is 0.163. The topological polar surface area (TPSA) is 32.8 Å². The van der Waals surface area contributed by atoms with E-state index in [0.29, 0.717) is 28.8 Å². The highest BCUT2D eigenvalue weighted by atomic mass is 35.5. The smallest absolute Gasteiger partial charge is 0.226 e. The van der Waals surface area contributed by atoms with Gasteiger partial charge in [0.15, 0.2) is 0 Å². The number of nitrogens with zero attached hydrogens (tertiary/aromatic N) is 2. The lowest BCUT2D eigenvalue weighted by molar-refractivity contribution is -0.133. The molecule has 1 aromatic carbocycles. The third kappa shape index (κ3) is 5.00. The molecule has 4 nitrogen and oxygen atoms in total. The number of amides is 1. The summed E-state index contributed by atoms with van der Waals surface area (Å²) >= 11 is 11.8. The van der Waals surface area contributed by atoms with Gasteiger partial charge < -0.3 is 9.64 Å². The molecule has 1 amide bonds. The number of carbonyl (C=O) groups excluding carboxylic acids is 1. The van der Waals surface area contributed by atoms with E-state index in [1.807, 2.05) is 4.90 Å². The molecule has 0 bridgehead atoms. The minimum Gasteiger partial charge on any atom is -0.493 e. The number of benzene rings is 1. The molecule has 23 heavy (non-hydrogen) atoms. The summed E-state index contributed by atoms with van der Waals surface area (Å²) in [5.74, 6) is 1.72. The molecule has 126 valence electrons. The van der Waals surface area contributed by atoms with Crippen molar-refractivity contribution in [3.8, 4) is 5.75 Å². The molecule has 0 N–H and O–H groups in total. The second-order valence-corrected chi connectivity index (χ2v) is 7.11. The Kier molecular flexibility index (Phi) is 5.67. The number of ether oxygens (including phenoxy) is 1. The molecule has 1 aromatic rings. The van der Waals surface area contributed by atoms with Crippen LogP contribution in [-0.2, 0) is 4.79 Å². The fourth-order valence-corrected chi connectivity index (χ4v) is 3.11. The molecule has 0 aromatic heterocycles. The zero-order valence-corrected chi connectivity index (χ0v) is 14.7. The summed E-state index contributed by atoms with van der Waals surface area (Å²) in [4.78, 5) is 16.7. The molecule has 0 spiro atoms. The Balaban J connectivity index is 1.36. The van der Waals surface area contributed by atoms with Gasteiger partial charge in [0.05, 0.1) is 23.1 Å². The fourth-order valence-electron chi connectivity index (χ4n) is 2.83. The SMILES string of the molecule is O=C(CCOc1ccc(Cl)c(Cl)c1)N1CCN(CC2CC2)CC1. The van der Waals surface area contributed by atoms with Crippen LogP contribution in [0.4, 0.5) is 0 Å². The van der Waals surface area contributed by atoms with Gasteiger partial charge in [0, 0.05) is 38.8 Å². The highest BCUT2D eigenvalue weighted by molar-refractivity contribution is 6.42. The van der Waals surface area contributed by atoms with Crippen LogP contribution in [0.3, 0.4) is 0 Å². The Morgan fingerprint density at radius 2 is 1.87 bits per heavy atom. The first-order valence-corrected chi connectivity index (χ1v) is 8.95. The standard InChI is InChI=1S/C17H22Cl2N2O2/c18-15-4-3-14(11-16(15)19)23-10-5-17(22)21-8-6-20(7-9-21)12-13-1-2-13/h3-4,11,13H,1-2,5-10,12H2. The quantitative estimate of drug-likeness (QED) is 0.783. The average molecular weight is 357 g/mol. The first-order chi connectivity index (χ1) is 11.1. The maximum Gasteiger partial charge on any atom is 0.226 e. The summed E-state index contributed by atoms with van der Waals surface area (Å²) in [5, 5.41) is 0.960. The van der Waals surface area contributed by atoms with Gasteiger partial charge in [0.25, 0.3) is 0 Å². The summed E-state index contributed by atoms with van der Waals surface area (Å²) in [6, 6.07) is 5.13. The summed E-state index contributed by atoms with van der Waals surface area (Å²) < 4.78 is 5.58. The van der Waals surface area contributed by atoms with Gasteiger partial charge in [-0.2, -0.15) is 0 Å². The molecule has 0 unspecified atom stereocenters. The zero-order chi connectivity index (χ0) is 16.2. The Labute approximate surface area is 147 Å². The van der Waals surface area contributed by atoms with Crippen LogP contribution >= 0.6 is 23.2 Å². The highest BCUT2D eigenvalue weighted by Gasteiger charge is 2.27. The number of carbonyl (C=O) groups is 1. The Bertz CT molecular complexity index is 556. The molecule has 0 radical (unpaired) electrons. The molecule has 1 heterocycles. The van der Waals surface area contributed by atoms with Gasteiger partial charge in [-0.3, -0.25) is 9.69 Å². The molecule has 6 heteroatoms. The molecular weight excluding hydrogens is 335 g/mol. The van der Waals surface area contributed by atoms with Crippen molar-refractivity contribution >= 4 is 29.1 Å². The van der Waals surface area contributed by atoms with Gasteiger partial charge in [-0.15, -0.1) is 0 Å². The molecule has 2 fully saturated rings. The van der Waals surface area contributed by atoms with Crippen molar-refractivity contribution in [2.45, 2.75) is 19.3 Å². The van der Waals surface area contributed by atoms with E-state index in [-0.39, 0.29) is 5.91 Å². The molecule has 2 aliphatic rings.